The Morgan fingerprint density at radius 1 is 1.71 bits per heavy atom. The fourth-order valence-corrected chi connectivity index (χ4v) is 2.35. The lowest BCUT2D eigenvalue weighted by atomic mass is 10.7. The maximum Gasteiger partial charge on any atom is 0.293 e. The Morgan fingerprint density at radius 3 is 2.79 bits per heavy atom. The van der Waals surface area contributed by atoms with Gasteiger partial charge in [0.25, 0.3) is 5.91 Å². The van der Waals surface area contributed by atoms with E-state index in [1.165, 1.54) is 6.92 Å². The van der Waals surface area contributed by atoms with Crippen LogP contribution in [0, 0.1) is 0 Å². The predicted molar refractivity (Wildman–Crippen MR) is 56.7 cm³/mol. The fourth-order valence-electron chi connectivity index (χ4n) is 0.616. The summed E-state index contributed by atoms with van der Waals surface area (Å²) in [5, 5.41) is 1.72. The van der Waals surface area contributed by atoms with Crippen LogP contribution in [0.5, 0.6) is 0 Å². The maximum absolute atomic E-state index is 11.3. The van der Waals surface area contributed by atoms with Crippen LogP contribution in [0.25, 0.3) is 0 Å². The molecule has 1 heterocycles. The highest BCUT2D eigenvalue weighted by Gasteiger charge is 2.16. The van der Waals surface area contributed by atoms with Gasteiger partial charge in [0.1, 0.15) is 4.60 Å². The molecular formula is C6H7BrN2O3S2. The fraction of sp³-hybridized carbons (Fsp3) is 0.333. The van der Waals surface area contributed by atoms with Crippen molar-refractivity contribution in [1.82, 2.24) is 9.71 Å². The monoisotopic (exact) mass is 298 g/mol. The lowest BCUT2D eigenvalue weighted by Crippen LogP contribution is -2.31. The molecule has 0 radical (unpaired) electrons. The van der Waals surface area contributed by atoms with Crippen LogP contribution in [-0.2, 0) is 10.0 Å². The van der Waals surface area contributed by atoms with Gasteiger partial charge in [0.15, 0.2) is 5.01 Å². The predicted octanol–water partition coefficient (Wildman–Crippen LogP) is 0.985. The van der Waals surface area contributed by atoms with Gasteiger partial charge in [-0.2, -0.15) is 0 Å². The molecule has 0 unspecified atom stereocenters. The second-order valence-corrected chi connectivity index (χ2v) is 5.99. The number of thiazole rings is 1. The molecule has 0 aliphatic carbocycles. The van der Waals surface area contributed by atoms with Crippen molar-refractivity contribution in [2.24, 2.45) is 0 Å². The average Bonchev–Trinajstić information content (AvgIpc) is 2.51. The number of rotatable bonds is 3. The van der Waals surface area contributed by atoms with Crippen LogP contribution in [0.2, 0.25) is 0 Å². The van der Waals surface area contributed by atoms with E-state index in [4.69, 9.17) is 0 Å². The van der Waals surface area contributed by atoms with Gasteiger partial charge < -0.3 is 0 Å². The average molecular weight is 299 g/mol. The Bertz CT molecular complexity index is 440. The minimum atomic E-state index is -3.51. The number of sulfonamides is 1. The van der Waals surface area contributed by atoms with Gasteiger partial charge >= 0.3 is 0 Å². The summed E-state index contributed by atoms with van der Waals surface area (Å²) < 4.78 is 24.5. The van der Waals surface area contributed by atoms with E-state index in [9.17, 15) is 13.2 Å². The first-order chi connectivity index (χ1) is 6.44. The van der Waals surface area contributed by atoms with E-state index in [1.807, 2.05) is 4.72 Å². The second kappa shape index (κ2) is 4.37. The zero-order chi connectivity index (χ0) is 10.8. The number of carbonyl (C=O) groups excluding carboxylic acids is 1. The van der Waals surface area contributed by atoms with Crippen LogP contribution >= 0.6 is 27.3 Å². The summed E-state index contributed by atoms with van der Waals surface area (Å²) in [5.74, 6) is -0.826. The summed E-state index contributed by atoms with van der Waals surface area (Å²) >= 11 is 4.14. The number of amides is 1. The molecule has 0 aliphatic rings. The highest BCUT2D eigenvalue weighted by molar-refractivity contribution is 9.10. The number of nitrogens with zero attached hydrogens (tertiary/aromatic N) is 1. The Morgan fingerprint density at radius 2 is 2.36 bits per heavy atom. The van der Waals surface area contributed by atoms with Gasteiger partial charge in [-0.25, -0.2) is 18.1 Å². The van der Waals surface area contributed by atoms with Crippen LogP contribution in [0.1, 0.15) is 16.7 Å². The highest BCUT2D eigenvalue weighted by atomic mass is 79.9. The molecular weight excluding hydrogens is 292 g/mol. The maximum atomic E-state index is 11.3. The zero-order valence-corrected chi connectivity index (χ0v) is 10.4. The molecule has 0 atom stereocenters. The summed E-state index contributed by atoms with van der Waals surface area (Å²) in [6.07, 6.45) is 0. The van der Waals surface area contributed by atoms with E-state index in [2.05, 4.69) is 20.9 Å². The van der Waals surface area contributed by atoms with E-state index in [0.29, 0.717) is 4.60 Å². The lowest BCUT2D eigenvalue weighted by Gasteiger charge is -2.00. The molecule has 0 aliphatic heterocycles. The van der Waals surface area contributed by atoms with Gasteiger partial charge in [-0.15, -0.1) is 11.3 Å². The molecule has 1 rings (SSSR count). The summed E-state index contributed by atoms with van der Waals surface area (Å²) in [6.45, 7) is 1.45. The minimum Gasteiger partial charge on any atom is -0.265 e. The van der Waals surface area contributed by atoms with Crippen molar-refractivity contribution in [1.29, 1.82) is 0 Å². The Labute approximate surface area is 93.7 Å². The summed E-state index contributed by atoms with van der Waals surface area (Å²) in [7, 11) is -3.51. The summed E-state index contributed by atoms with van der Waals surface area (Å²) in [6, 6.07) is 0. The third kappa shape index (κ3) is 3.03. The van der Waals surface area contributed by atoms with Crippen molar-refractivity contribution in [3.8, 4) is 0 Å². The van der Waals surface area contributed by atoms with E-state index in [1.54, 1.807) is 5.38 Å². The van der Waals surface area contributed by atoms with E-state index in [0.717, 1.165) is 11.3 Å². The summed E-state index contributed by atoms with van der Waals surface area (Å²) in [4.78, 5) is 15.1. The number of carbonyl (C=O) groups is 1. The number of hydrogen-bond donors (Lipinski definition) is 1. The zero-order valence-electron chi connectivity index (χ0n) is 7.15. The smallest absolute Gasteiger partial charge is 0.265 e. The number of hydrogen-bond acceptors (Lipinski definition) is 5. The molecule has 5 nitrogen and oxygen atoms in total. The van der Waals surface area contributed by atoms with Crippen LogP contribution in [-0.4, -0.2) is 25.1 Å². The molecule has 0 spiro atoms. The molecule has 78 valence electrons. The second-order valence-electron chi connectivity index (χ2n) is 2.31. The van der Waals surface area contributed by atoms with Gasteiger partial charge in [0.2, 0.25) is 10.0 Å². The van der Waals surface area contributed by atoms with Crippen molar-refractivity contribution in [3.05, 3.63) is 15.0 Å². The Hall–Kier alpha value is -0.470. The normalized spacial score (nSPS) is 11.3. The third-order valence-corrected chi connectivity index (χ3v) is 4.11. The molecule has 1 aromatic rings. The van der Waals surface area contributed by atoms with Crippen molar-refractivity contribution in [2.45, 2.75) is 6.92 Å². The van der Waals surface area contributed by atoms with Gasteiger partial charge in [0, 0.05) is 5.38 Å². The van der Waals surface area contributed by atoms with Gasteiger partial charge in [-0.1, -0.05) is 0 Å². The Kier molecular flexibility index (Phi) is 3.62. The van der Waals surface area contributed by atoms with Crippen molar-refractivity contribution >= 4 is 43.2 Å². The molecule has 0 saturated carbocycles. The Balaban J connectivity index is 2.78. The number of aromatic nitrogens is 1. The summed E-state index contributed by atoms with van der Waals surface area (Å²) in [5.41, 5.74) is 0. The molecule has 1 N–H and O–H groups in total. The van der Waals surface area contributed by atoms with E-state index >= 15 is 0 Å². The first kappa shape index (κ1) is 11.6. The van der Waals surface area contributed by atoms with Gasteiger partial charge in [0.05, 0.1) is 5.75 Å². The molecule has 14 heavy (non-hydrogen) atoms. The van der Waals surface area contributed by atoms with E-state index in [-0.39, 0.29) is 10.8 Å². The quantitative estimate of drug-likeness (QED) is 0.903. The molecule has 1 amide bonds. The van der Waals surface area contributed by atoms with Crippen LogP contribution in [0.15, 0.2) is 9.98 Å². The first-order valence-electron chi connectivity index (χ1n) is 3.60. The minimum absolute atomic E-state index is 0.119. The van der Waals surface area contributed by atoms with Crippen molar-refractivity contribution in [2.75, 3.05) is 5.75 Å². The van der Waals surface area contributed by atoms with Gasteiger partial charge in [-0.05, 0) is 22.9 Å². The van der Waals surface area contributed by atoms with Crippen molar-refractivity contribution < 1.29 is 13.2 Å². The topological polar surface area (TPSA) is 76.1 Å². The molecule has 0 fully saturated rings. The third-order valence-electron chi connectivity index (χ3n) is 1.30. The number of nitrogens with one attached hydrogen (secondary N) is 1. The molecule has 0 bridgehead atoms. The lowest BCUT2D eigenvalue weighted by molar-refractivity contribution is 0.0981. The van der Waals surface area contributed by atoms with Gasteiger partial charge in [-0.3, -0.25) is 4.79 Å². The highest BCUT2D eigenvalue weighted by Crippen LogP contribution is 2.14. The standard InChI is InChI=1S/C6H7BrN2O3S2/c1-2-14(11,12)9-5(10)6-8-4(7)3-13-6/h3H,2H2,1H3,(H,9,10). The molecule has 1 aromatic heterocycles. The number of halogens is 1. The van der Waals surface area contributed by atoms with Crippen LogP contribution in [0.4, 0.5) is 0 Å². The molecule has 8 heteroatoms. The first-order valence-corrected chi connectivity index (χ1v) is 6.93. The SMILES string of the molecule is CCS(=O)(=O)NC(=O)c1nc(Br)cs1. The largest absolute Gasteiger partial charge is 0.293 e. The molecule has 0 aromatic carbocycles. The van der Waals surface area contributed by atoms with E-state index < -0.39 is 15.9 Å². The molecule has 0 saturated heterocycles. The van der Waals surface area contributed by atoms with Crippen molar-refractivity contribution in [3.63, 3.8) is 0 Å². The van der Waals surface area contributed by atoms with Crippen LogP contribution < -0.4 is 4.72 Å². The van der Waals surface area contributed by atoms with Crippen LogP contribution in [0.3, 0.4) is 0 Å².